The van der Waals surface area contributed by atoms with Crippen molar-refractivity contribution in [3.8, 4) is 11.5 Å². The zero-order valence-corrected chi connectivity index (χ0v) is 17.5. The van der Waals surface area contributed by atoms with E-state index >= 15 is 0 Å². The Hall–Kier alpha value is -2.64. The number of nitrogens with zero attached hydrogens (tertiary/aromatic N) is 2. The highest BCUT2D eigenvalue weighted by Crippen LogP contribution is 2.32. The summed E-state index contributed by atoms with van der Waals surface area (Å²) in [4.78, 5) is 15.4. The molecule has 152 valence electrons. The molecule has 0 saturated carbocycles. The fourth-order valence-electron chi connectivity index (χ4n) is 3.91. The molecule has 1 aromatic heterocycles. The van der Waals surface area contributed by atoms with E-state index in [9.17, 15) is 4.79 Å². The first-order chi connectivity index (χ1) is 14.2. The van der Waals surface area contributed by atoms with Gasteiger partial charge < -0.3 is 14.8 Å². The van der Waals surface area contributed by atoms with Gasteiger partial charge in [-0.25, -0.2) is 0 Å². The zero-order chi connectivity index (χ0) is 20.2. The molecule has 6 nitrogen and oxygen atoms in total. The molecule has 1 amide bonds. The third kappa shape index (κ3) is 4.06. The van der Waals surface area contributed by atoms with Crippen molar-refractivity contribution in [2.45, 2.75) is 18.9 Å². The Morgan fingerprint density at radius 1 is 1.17 bits per heavy atom. The number of para-hydroxylation sites is 1. The van der Waals surface area contributed by atoms with Crippen LogP contribution in [0.15, 0.2) is 42.5 Å². The number of ether oxygens (including phenoxy) is 2. The Morgan fingerprint density at radius 3 is 2.72 bits per heavy atom. The monoisotopic (exact) mass is 411 g/mol. The molecule has 3 aromatic rings. The number of hydrogen-bond donors (Lipinski definition) is 1. The van der Waals surface area contributed by atoms with Crippen LogP contribution in [0.1, 0.15) is 34.9 Å². The number of hydrogen-bond acceptors (Lipinski definition) is 6. The fourth-order valence-corrected chi connectivity index (χ4v) is 4.72. The molecule has 2 aromatic carbocycles. The lowest BCUT2D eigenvalue weighted by Gasteiger charge is -2.29. The van der Waals surface area contributed by atoms with Crippen LogP contribution < -0.4 is 14.8 Å². The van der Waals surface area contributed by atoms with Gasteiger partial charge in [-0.3, -0.25) is 9.69 Å². The number of nitrogens with one attached hydrogen (secondary N) is 1. The molecule has 1 aliphatic rings. The van der Waals surface area contributed by atoms with Crippen LogP contribution in [0.4, 0.5) is 0 Å². The van der Waals surface area contributed by atoms with E-state index in [2.05, 4.69) is 20.7 Å². The highest BCUT2D eigenvalue weighted by atomic mass is 32.1. The summed E-state index contributed by atoms with van der Waals surface area (Å²) < 4.78 is 16.2. The van der Waals surface area contributed by atoms with Gasteiger partial charge in [0.1, 0.15) is 17.2 Å². The van der Waals surface area contributed by atoms with Crippen LogP contribution in [-0.4, -0.2) is 49.0 Å². The van der Waals surface area contributed by atoms with Gasteiger partial charge in [0.15, 0.2) is 0 Å². The molecule has 0 bridgehead atoms. The largest absolute Gasteiger partial charge is 0.497 e. The number of carbonyl (C=O) groups excluding carboxylic acids is 1. The fraction of sp³-hybridized carbons (Fsp3) is 0.364. The standard InChI is InChI=1S/C22H25N3O3S/c1-27-15-9-10-17-20(13-15)29-24-21(17)22(26)23-14-18(25-11-5-6-12-25)16-7-3-4-8-19(16)28-2/h3-4,7-10,13,18H,5-6,11-12,14H2,1-2H3,(H,23,26)/t18-/m1/s1. The molecular formula is C22H25N3O3S. The summed E-state index contributed by atoms with van der Waals surface area (Å²) in [5, 5.41) is 3.96. The second kappa shape index (κ2) is 8.80. The van der Waals surface area contributed by atoms with Crippen LogP contribution in [0.2, 0.25) is 0 Å². The van der Waals surface area contributed by atoms with Crippen LogP contribution in [0.25, 0.3) is 10.1 Å². The van der Waals surface area contributed by atoms with Crippen LogP contribution in [0.5, 0.6) is 11.5 Å². The van der Waals surface area contributed by atoms with Gasteiger partial charge in [0.25, 0.3) is 5.91 Å². The Kier molecular flexibility index (Phi) is 5.97. The van der Waals surface area contributed by atoms with Gasteiger partial charge >= 0.3 is 0 Å². The molecule has 29 heavy (non-hydrogen) atoms. The Balaban J connectivity index is 1.55. The number of aromatic nitrogens is 1. The molecule has 4 rings (SSSR count). The quantitative estimate of drug-likeness (QED) is 0.639. The lowest BCUT2D eigenvalue weighted by molar-refractivity contribution is 0.0935. The molecule has 1 atom stereocenters. The first kappa shape index (κ1) is 19.7. The summed E-state index contributed by atoms with van der Waals surface area (Å²) in [7, 11) is 3.32. The average molecular weight is 412 g/mol. The van der Waals surface area contributed by atoms with E-state index in [1.807, 2.05) is 36.4 Å². The molecule has 7 heteroatoms. The molecule has 1 saturated heterocycles. The van der Waals surface area contributed by atoms with Crippen LogP contribution >= 0.6 is 11.5 Å². The van der Waals surface area contributed by atoms with E-state index in [0.717, 1.165) is 40.2 Å². The van der Waals surface area contributed by atoms with Gasteiger partial charge in [0.2, 0.25) is 0 Å². The topological polar surface area (TPSA) is 63.7 Å². The van der Waals surface area contributed by atoms with Crippen molar-refractivity contribution in [1.82, 2.24) is 14.6 Å². The van der Waals surface area contributed by atoms with Crippen molar-refractivity contribution in [1.29, 1.82) is 0 Å². The van der Waals surface area contributed by atoms with Crippen LogP contribution in [0, 0.1) is 0 Å². The zero-order valence-electron chi connectivity index (χ0n) is 16.7. The van der Waals surface area contributed by atoms with E-state index in [0.29, 0.717) is 12.2 Å². The lowest BCUT2D eigenvalue weighted by Crippen LogP contribution is -2.37. The molecule has 1 N–H and O–H groups in total. The van der Waals surface area contributed by atoms with E-state index in [4.69, 9.17) is 9.47 Å². The van der Waals surface area contributed by atoms with E-state index in [1.54, 1.807) is 14.2 Å². The van der Waals surface area contributed by atoms with Crippen molar-refractivity contribution in [3.63, 3.8) is 0 Å². The predicted octanol–water partition coefficient (Wildman–Crippen LogP) is 3.88. The van der Waals surface area contributed by atoms with Gasteiger partial charge in [-0.2, -0.15) is 4.37 Å². The van der Waals surface area contributed by atoms with Crippen molar-refractivity contribution in [2.75, 3.05) is 33.9 Å². The summed E-state index contributed by atoms with van der Waals surface area (Å²) in [6.07, 6.45) is 2.36. The first-order valence-electron chi connectivity index (χ1n) is 9.80. The minimum absolute atomic E-state index is 0.0718. The highest BCUT2D eigenvalue weighted by molar-refractivity contribution is 7.13. The molecule has 0 aliphatic carbocycles. The Bertz CT molecular complexity index is 998. The molecule has 1 fully saturated rings. The summed E-state index contributed by atoms with van der Waals surface area (Å²) in [6.45, 7) is 2.56. The van der Waals surface area contributed by atoms with Crippen molar-refractivity contribution < 1.29 is 14.3 Å². The number of likely N-dealkylation sites (tertiary alicyclic amines) is 1. The first-order valence-corrected chi connectivity index (χ1v) is 10.6. The minimum Gasteiger partial charge on any atom is -0.497 e. The molecule has 2 heterocycles. The molecule has 1 aliphatic heterocycles. The van der Waals surface area contributed by atoms with E-state index in [1.165, 1.54) is 24.4 Å². The number of fused-ring (bicyclic) bond motifs is 1. The summed E-state index contributed by atoms with van der Waals surface area (Å²) in [5.74, 6) is 1.46. The van der Waals surface area contributed by atoms with Gasteiger partial charge in [-0.15, -0.1) is 0 Å². The number of methoxy groups -OCH3 is 2. The maximum Gasteiger partial charge on any atom is 0.271 e. The van der Waals surface area contributed by atoms with Gasteiger partial charge in [-0.1, -0.05) is 18.2 Å². The number of benzene rings is 2. The van der Waals surface area contributed by atoms with Gasteiger partial charge in [0, 0.05) is 17.5 Å². The molecular weight excluding hydrogens is 386 g/mol. The third-order valence-corrected chi connectivity index (χ3v) is 6.24. The Morgan fingerprint density at radius 2 is 1.97 bits per heavy atom. The van der Waals surface area contributed by atoms with Gasteiger partial charge in [0.05, 0.1) is 25.0 Å². The third-order valence-electron chi connectivity index (χ3n) is 5.43. The number of amides is 1. The van der Waals surface area contributed by atoms with Crippen molar-refractivity contribution in [3.05, 3.63) is 53.7 Å². The molecule has 0 spiro atoms. The van der Waals surface area contributed by atoms with Crippen molar-refractivity contribution >= 4 is 27.5 Å². The lowest BCUT2D eigenvalue weighted by atomic mass is 10.0. The summed E-state index contributed by atoms with van der Waals surface area (Å²) >= 11 is 1.31. The smallest absolute Gasteiger partial charge is 0.271 e. The second-order valence-corrected chi connectivity index (χ2v) is 7.91. The normalized spacial score (nSPS) is 15.4. The molecule has 0 radical (unpaired) electrons. The van der Waals surface area contributed by atoms with Crippen LogP contribution in [0.3, 0.4) is 0 Å². The molecule has 0 unspecified atom stereocenters. The number of carbonyl (C=O) groups is 1. The van der Waals surface area contributed by atoms with E-state index in [-0.39, 0.29) is 11.9 Å². The number of rotatable bonds is 7. The highest BCUT2D eigenvalue weighted by Gasteiger charge is 2.27. The average Bonchev–Trinajstić information content (AvgIpc) is 3.43. The van der Waals surface area contributed by atoms with Gasteiger partial charge in [-0.05, 0) is 61.7 Å². The Labute approximate surface area is 174 Å². The maximum atomic E-state index is 12.9. The second-order valence-electron chi connectivity index (χ2n) is 7.10. The summed E-state index contributed by atoms with van der Waals surface area (Å²) in [6, 6.07) is 13.8. The van der Waals surface area contributed by atoms with Crippen LogP contribution in [-0.2, 0) is 0 Å². The SMILES string of the molecule is COc1ccc2c(C(=O)NC[C@H](c3ccccc3OC)N3CCCC3)nsc2c1. The maximum absolute atomic E-state index is 12.9. The van der Waals surface area contributed by atoms with E-state index < -0.39 is 0 Å². The van der Waals surface area contributed by atoms with Crippen molar-refractivity contribution in [2.24, 2.45) is 0 Å². The predicted molar refractivity (Wildman–Crippen MR) is 115 cm³/mol. The minimum atomic E-state index is -0.152. The summed E-state index contributed by atoms with van der Waals surface area (Å²) in [5.41, 5.74) is 1.57.